The van der Waals surface area contributed by atoms with E-state index >= 15 is 0 Å². The van der Waals surface area contributed by atoms with Gasteiger partial charge in [0.15, 0.2) is 0 Å². The maximum atomic E-state index is 2.38. The van der Waals surface area contributed by atoms with Crippen molar-refractivity contribution in [1.82, 2.24) is 4.57 Å². The van der Waals surface area contributed by atoms with Gasteiger partial charge in [0.05, 0.1) is 11.0 Å². The van der Waals surface area contributed by atoms with Gasteiger partial charge in [0, 0.05) is 33.5 Å². The van der Waals surface area contributed by atoms with Gasteiger partial charge in [0.2, 0.25) is 0 Å². The predicted octanol–water partition coefficient (Wildman–Crippen LogP) is 12.7. The van der Waals surface area contributed by atoms with E-state index in [4.69, 9.17) is 0 Å². The summed E-state index contributed by atoms with van der Waals surface area (Å²) >= 11 is 0. The van der Waals surface area contributed by atoms with Crippen LogP contribution in [0.3, 0.4) is 0 Å². The molecule has 0 aliphatic heterocycles. The van der Waals surface area contributed by atoms with Gasteiger partial charge in [-0.2, -0.15) is 0 Å². The van der Waals surface area contributed by atoms with Crippen LogP contribution < -0.4 is 4.90 Å². The molecule has 226 valence electrons. The van der Waals surface area contributed by atoms with Crippen molar-refractivity contribution in [2.75, 3.05) is 4.90 Å². The van der Waals surface area contributed by atoms with Gasteiger partial charge in [-0.25, -0.2) is 0 Å². The Labute approximate surface area is 280 Å². The molecule has 0 bridgehead atoms. The lowest BCUT2D eigenvalue weighted by molar-refractivity contribution is 1.18. The Morgan fingerprint density at radius 2 is 0.958 bits per heavy atom. The smallest absolute Gasteiger partial charge is 0.0547 e. The molecule has 0 amide bonds. The highest BCUT2D eigenvalue weighted by Gasteiger charge is 2.18. The Bertz CT molecular complexity index is 2550. The Balaban J connectivity index is 1.22. The first-order chi connectivity index (χ1) is 23.8. The minimum absolute atomic E-state index is 1.11. The third kappa shape index (κ3) is 4.83. The Morgan fingerprint density at radius 1 is 0.354 bits per heavy atom. The van der Waals surface area contributed by atoms with Gasteiger partial charge in [0.1, 0.15) is 0 Å². The van der Waals surface area contributed by atoms with Crippen molar-refractivity contribution >= 4 is 49.6 Å². The van der Waals surface area contributed by atoms with E-state index in [9.17, 15) is 0 Å². The first kappa shape index (κ1) is 27.9. The van der Waals surface area contributed by atoms with Gasteiger partial charge in [0.25, 0.3) is 0 Å². The van der Waals surface area contributed by atoms with Crippen LogP contribution in [0.4, 0.5) is 17.1 Å². The van der Waals surface area contributed by atoms with Gasteiger partial charge in [-0.1, -0.05) is 133 Å². The van der Waals surface area contributed by atoms with Gasteiger partial charge >= 0.3 is 0 Å². The molecule has 0 radical (unpaired) electrons. The molecule has 0 aliphatic carbocycles. The van der Waals surface area contributed by atoms with Crippen LogP contribution in [0.5, 0.6) is 0 Å². The zero-order chi connectivity index (χ0) is 31.9. The molecule has 1 aromatic heterocycles. The van der Waals surface area contributed by atoms with Crippen molar-refractivity contribution in [2.45, 2.75) is 0 Å². The van der Waals surface area contributed by atoms with Crippen LogP contribution in [0.25, 0.3) is 60.5 Å². The van der Waals surface area contributed by atoms with E-state index in [0.29, 0.717) is 0 Å². The van der Waals surface area contributed by atoms with Crippen molar-refractivity contribution in [2.24, 2.45) is 0 Å². The quantitative estimate of drug-likeness (QED) is 0.181. The molecular weight excluding hydrogens is 581 g/mol. The normalized spacial score (nSPS) is 11.3. The summed E-state index contributed by atoms with van der Waals surface area (Å²) < 4.78 is 2.38. The molecule has 0 unspecified atom stereocenters. The van der Waals surface area contributed by atoms with E-state index in [0.717, 1.165) is 22.7 Å². The van der Waals surface area contributed by atoms with Crippen LogP contribution >= 0.6 is 0 Å². The van der Waals surface area contributed by atoms with Gasteiger partial charge in [-0.3, -0.25) is 0 Å². The molecule has 0 saturated heterocycles. The molecule has 1 heterocycles. The van der Waals surface area contributed by atoms with Crippen molar-refractivity contribution in [3.05, 3.63) is 194 Å². The van der Waals surface area contributed by atoms with E-state index in [1.807, 2.05) is 0 Å². The number of para-hydroxylation sites is 2. The summed E-state index contributed by atoms with van der Waals surface area (Å²) in [6, 6.07) is 69.9. The largest absolute Gasteiger partial charge is 0.310 e. The number of anilines is 3. The second-order valence-corrected chi connectivity index (χ2v) is 12.2. The van der Waals surface area contributed by atoms with Crippen molar-refractivity contribution in [3.8, 4) is 27.9 Å². The third-order valence-corrected chi connectivity index (χ3v) is 9.35. The summed E-state index contributed by atoms with van der Waals surface area (Å²) in [4.78, 5) is 2.37. The van der Waals surface area contributed by atoms with Gasteiger partial charge in [-0.05, 0) is 93.7 Å². The molecule has 2 nitrogen and oxygen atoms in total. The monoisotopic (exact) mass is 612 g/mol. The first-order valence-corrected chi connectivity index (χ1v) is 16.4. The highest BCUT2D eigenvalue weighted by Crippen LogP contribution is 2.42. The van der Waals surface area contributed by atoms with Crippen LogP contribution in [0.2, 0.25) is 0 Å². The summed E-state index contributed by atoms with van der Waals surface area (Å²) in [5.74, 6) is 0. The SMILES string of the molecule is c1ccc(-c2ccc(N(c3cccc(-c4cccc5c4c4ccccc4n5-c4ccccc4)c3)c3ccc4ccccc4c3)cc2)cc1. The average Bonchev–Trinajstić information content (AvgIpc) is 3.51. The maximum absolute atomic E-state index is 2.38. The van der Waals surface area contributed by atoms with Crippen LogP contribution in [-0.2, 0) is 0 Å². The lowest BCUT2D eigenvalue weighted by Crippen LogP contribution is -2.10. The molecule has 0 fully saturated rings. The third-order valence-electron chi connectivity index (χ3n) is 9.35. The van der Waals surface area contributed by atoms with E-state index in [1.54, 1.807) is 0 Å². The Morgan fingerprint density at radius 3 is 1.79 bits per heavy atom. The summed E-state index contributed by atoms with van der Waals surface area (Å²) in [6.07, 6.45) is 0. The van der Waals surface area contributed by atoms with E-state index in [1.165, 1.54) is 54.8 Å². The van der Waals surface area contributed by atoms with Crippen molar-refractivity contribution in [3.63, 3.8) is 0 Å². The summed E-state index contributed by atoms with van der Waals surface area (Å²) in [5, 5.41) is 4.96. The first-order valence-electron chi connectivity index (χ1n) is 16.4. The number of rotatable bonds is 6. The molecule has 0 N–H and O–H groups in total. The number of benzene rings is 8. The molecule has 8 aromatic carbocycles. The highest BCUT2D eigenvalue weighted by atomic mass is 15.1. The minimum Gasteiger partial charge on any atom is -0.310 e. The molecule has 9 aromatic rings. The number of aromatic nitrogens is 1. The van der Waals surface area contributed by atoms with Crippen LogP contribution in [0, 0.1) is 0 Å². The Kier molecular flexibility index (Phi) is 6.84. The number of fused-ring (bicyclic) bond motifs is 4. The fourth-order valence-corrected chi connectivity index (χ4v) is 7.12. The topological polar surface area (TPSA) is 8.17 Å². The molecule has 2 heteroatoms. The minimum atomic E-state index is 1.11. The van der Waals surface area contributed by atoms with Crippen LogP contribution in [-0.4, -0.2) is 4.57 Å². The van der Waals surface area contributed by atoms with E-state index in [-0.39, 0.29) is 0 Å². The summed E-state index contributed by atoms with van der Waals surface area (Å²) in [6.45, 7) is 0. The fraction of sp³-hybridized carbons (Fsp3) is 0. The van der Waals surface area contributed by atoms with E-state index < -0.39 is 0 Å². The number of hydrogen-bond donors (Lipinski definition) is 0. The molecule has 0 aliphatic rings. The maximum Gasteiger partial charge on any atom is 0.0547 e. The second-order valence-electron chi connectivity index (χ2n) is 12.2. The van der Waals surface area contributed by atoms with Crippen LogP contribution in [0.1, 0.15) is 0 Å². The standard InChI is InChI=1S/C46H32N2/c1-3-13-33(14-4-1)35-25-28-39(29-26-35)47(41-30-27-34-15-7-8-16-36(34)31-41)40-20-11-17-37(32-40)42-22-12-24-45-46(42)43-21-9-10-23-44(43)48(45)38-18-5-2-6-19-38/h1-32H. The lowest BCUT2D eigenvalue weighted by atomic mass is 9.98. The Hall–Kier alpha value is -6.38. The molecule has 0 spiro atoms. The average molecular weight is 613 g/mol. The molecule has 0 atom stereocenters. The van der Waals surface area contributed by atoms with E-state index in [2.05, 4.69) is 204 Å². The number of nitrogens with zero attached hydrogens (tertiary/aromatic N) is 2. The molecular formula is C46H32N2. The molecule has 0 saturated carbocycles. The number of hydrogen-bond acceptors (Lipinski definition) is 1. The fourth-order valence-electron chi connectivity index (χ4n) is 7.12. The predicted molar refractivity (Wildman–Crippen MR) is 204 cm³/mol. The van der Waals surface area contributed by atoms with Crippen molar-refractivity contribution < 1.29 is 0 Å². The zero-order valence-electron chi connectivity index (χ0n) is 26.4. The molecule has 48 heavy (non-hydrogen) atoms. The highest BCUT2D eigenvalue weighted by molar-refractivity contribution is 6.16. The van der Waals surface area contributed by atoms with Crippen molar-refractivity contribution in [1.29, 1.82) is 0 Å². The van der Waals surface area contributed by atoms with Crippen LogP contribution in [0.15, 0.2) is 194 Å². The summed E-state index contributed by atoms with van der Waals surface area (Å²) in [7, 11) is 0. The van der Waals surface area contributed by atoms with Gasteiger partial charge < -0.3 is 9.47 Å². The lowest BCUT2D eigenvalue weighted by Gasteiger charge is -2.26. The second kappa shape index (κ2) is 11.8. The molecule has 9 rings (SSSR count). The zero-order valence-corrected chi connectivity index (χ0v) is 26.4. The summed E-state index contributed by atoms with van der Waals surface area (Å²) in [5.41, 5.74) is 11.7. The van der Waals surface area contributed by atoms with Gasteiger partial charge in [-0.15, -0.1) is 0 Å².